The monoisotopic (exact) mass is 719 g/mol. The first-order chi connectivity index (χ1) is 22.2. The number of oxime groups is 1. The lowest BCUT2D eigenvalue weighted by Gasteiger charge is -2.33. The second-order valence-corrected chi connectivity index (χ2v) is 13.0. The molecule has 2 aliphatic carbocycles. The topological polar surface area (TPSA) is 104 Å². The largest absolute Gasteiger partial charge is 0.412 e. The van der Waals surface area contributed by atoms with Crippen molar-refractivity contribution in [2.24, 2.45) is 22.7 Å². The van der Waals surface area contributed by atoms with Crippen LogP contribution in [0, 0.1) is 11.8 Å². The van der Waals surface area contributed by atoms with Gasteiger partial charge in [0.25, 0.3) is 0 Å². The van der Waals surface area contributed by atoms with Crippen molar-refractivity contribution in [3.63, 3.8) is 0 Å². The van der Waals surface area contributed by atoms with Crippen molar-refractivity contribution in [1.29, 1.82) is 0 Å². The molecular weight excluding hydrogens is 671 g/mol. The molecule has 5 unspecified atom stereocenters. The number of rotatable bonds is 21. The first-order valence-electron chi connectivity index (χ1n) is 16.2. The summed E-state index contributed by atoms with van der Waals surface area (Å²) in [7, 11) is 0. The summed E-state index contributed by atoms with van der Waals surface area (Å²) in [5.74, 6) is -2.75. The molecule has 0 saturated heterocycles. The number of hydrogen-bond acceptors (Lipinski definition) is 6. The highest BCUT2D eigenvalue weighted by molar-refractivity contribution is 6.37. The summed E-state index contributed by atoms with van der Waals surface area (Å²) >= 11 is 12.7. The van der Waals surface area contributed by atoms with E-state index in [9.17, 15) is 26.3 Å². The van der Waals surface area contributed by atoms with E-state index >= 15 is 0 Å². The van der Waals surface area contributed by atoms with E-state index in [1.54, 1.807) is 6.08 Å². The molecule has 0 radical (unpaired) electrons. The first-order valence-corrected chi connectivity index (χ1v) is 17.0. The second-order valence-electron chi connectivity index (χ2n) is 12.1. The van der Waals surface area contributed by atoms with E-state index in [1.807, 2.05) is 6.08 Å². The van der Waals surface area contributed by atoms with Crippen LogP contribution in [0.2, 0.25) is 0 Å². The number of nitrogens with two attached hydrogens (primary N) is 1. The summed E-state index contributed by atoms with van der Waals surface area (Å²) < 4.78 is 81.5. The average molecular weight is 721 g/mol. The van der Waals surface area contributed by atoms with E-state index in [0.29, 0.717) is 30.5 Å². The van der Waals surface area contributed by atoms with Gasteiger partial charge in [-0.2, -0.15) is 31.8 Å². The van der Waals surface area contributed by atoms with Gasteiger partial charge in [-0.1, -0.05) is 72.8 Å². The molecule has 0 amide bonds. The van der Waals surface area contributed by atoms with E-state index in [-0.39, 0.29) is 36.8 Å². The van der Waals surface area contributed by atoms with Gasteiger partial charge in [0.1, 0.15) is 6.61 Å². The molecule has 0 aliphatic heterocycles. The molecule has 270 valence electrons. The molecule has 2 aliphatic rings. The number of allylic oxidation sites excluding steroid dienone is 7. The van der Waals surface area contributed by atoms with Gasteiger partial charge >= 0.3 is 12.4 Å². The molecule has 0 fully saturated rings. The van der Waals surface area contributed by atoms with Crippen molar-refractivity contribution >= 4 is 29.0 Å². The molecule has 0 aromatic heterocycles. The lowest BCUT2D eigenvalue weighted by molar-refractivity contribution is -0.166. The molecule has 6 N–H and O–H groups in total. The van der Waals surface area contributed by atoms with Crippen molar-refractivity contribution in [3.05, 3.63) is 46.1 Å². The van der Waals surface area contributed by atoms with Gasteiger partial charge in [0, 0.05) is 22.7 Å². The fourth-order valence-corrected chi connectivity index (χ4v) is 6.13. The summed E-state index contributed by atoms with van der Waals surface area (Å²) in [6.07, 6.45) is 0.747. The van der Waals surface area contributed by atoms with Crippen molar-refractivity contribution < 1.29 is 36.4 Å². The maximum atomic E-state index is 13.6. The van der Waals surface area contributed by atoms with Gasteiger partial charge in [-0.05, 0) is 83.0 Å². The minimum Gasteiger partial charge on any atom is -0.409 e. The highest BCUT2D eigenvalue weighted by atomic mass is 35.5. The van der Waals surface area contributed by atoms with Gasteiger partial charge in [0.2, 0.25) is 0 Å². The zero-order valence-electron chi connectivity index (χ0n) is 27.0. The van der Waals surface area contributed by atoms with Crippen LogP contribution in [0.15, 0.2) is 51.2 Å². The van der Waals surface area contributed by atoms with Crippen LogP contribution >= 0.6 is 23.2 Å². The summed E-state index contributed by atoms with van der Waals surface area (Å²) in [6, 6.07) is -0.205. The number of amidine groups is 1. The van der Waals surface area contributed by atoms with Crippen molar-refractivity contribution in [3.8, 4) is 0 Å². The third-order valence-corrected chi connectivity index (χ3v) is 9.36. The molecule has 5 atom stereocenters. The maximum Gasteiger partial charge on any atom is 0.412 e. The average Bonchev–Trinajstić information content (AvgIpc) is 3.02. The zero-order valence-corrected chi connectivity index (χ0v) is 28.5. The SMILES string of the molecule is CCCCCNC(CC)CCNCCC(C1=CC=C(Cl)C(Cl)C1)C(CCC1=CC(C(F)(F)F)CC(C(F)(F)F)=C1)NOC/C(N)=N/O. The zero-order chi connectivity index (χ0) is 35.0. The third kappa shape index (κ3) is 15.1. The minimum atomic E-state index is -4.88. The third-order valence-electron chi connectivity index (χ3n) is 8.47. The van der Waals surface area contributed by atoms with E-state index in [4.69, 9.17) is 39.0 Å². The van der Waals surface area contributed by atoms with Gasteiger partial charge in [0.15, 0.2) is 5.84 Å². The molecule has 47 heavy (non-hydrogen) atoms. The Labute approximate surface area is 284 Å². The molecule has 7 nitrogen and oxygen atoms in total. The minimum absolute atomic E-state index is 0.0566. The van der Waals surface area contributed by atoms with E-state index in [1.165, 1.54) is 6.42 Å². The molecule has 0 heterocycles. The Hall–Kier alpha value is -1.77. The van der Waals surface area contributed by atoms with Crippen LogP contribution in [0.3, 0.4) is 0 Å². The Balaban J connectivity index is 2.25. The number of nitrogens with zero attached hydrogens (tertiary/aromatic N) is 1. The Morgan fingerprint density at radius 1 is 1.06 bits per heavy atom. The summed E-state index contributed by atoms with van der Waals surface area (Å²) in [5.41, 5.74) is 8.08. The predicted molar refractivity (Wildman–Crippen MR) is 175 cm³/mol. The Kier molecular flexibility index (Phi) is 18.2. The highest BCUT2D eigenvalue weighted by Gasteiger charge is 2.45. The Bertz CT molecular complexity index is 1110. The molecule has 0 spiro atoms. The second kappa shape index (κ2) is 20.7. The molecule has 0 bridgehead atoms. The predicted octanol–water partition coefficient (Wildman–Crippen LogP) is 8.00. The summed E-state index contributed by atoms with van der Waals surface area (Å²) in [4.78, 5) is 5.50. The fraction of sp³-hybridized carbons (Fsp3) is 0.719. The summed E-state index contributed by atoms with van der Waals surface area (Å²) in [5, 5.41) is 18.8. The van der Waals surface area contributed by atoms with Gasteiger partial charge in [-0.3, -0.25) is 4.84 Å². The molecule has 0 aromatic rings. The van der Waals surface area contributed by atoms with E-state index in [2.05, 4.69) is 35.1 Å². The summed E-state index contributed by atoms with van der Waals surface area (Å²) in [6.45, 7) is 6.30. The quantitative estimate of drug-likeness (QED) is 0.0157. The smallest absolute Gasteiger partial charge is 0.409 e. The molecule has 2 rings (SSSR count). The molecule has 0 aromatic carbocycles. The highest BCUT2D eigenvalue weighted by Crippen LogP contribution is 2.43. The number of hydroxylamine groups is 1. The number of nitrogens with one attached hydrogen (secondary N) is 3. The van der Waals surface area contributed by atoms with Gasteiger partial charge in [-0.15, -0.1) is 11.6 Å². The van der Waals surface area contributed by atoms with E-state index in [0.717, 1.165) is 56.5 Å². The maximum absolute atomic E-state index is 13.6. The lowest BCUT2D eigenvalue weighted by Crippen LogP contribution is -2.41. The lowest BCUT2D eigenvalue weighted by atomic mass is 9.81. The Morgan fingerprint density at radius 3 is 2.40 bits per heavy atom. The number of alkyl halides is 7. The van der Waals surface area contributed by atoms with Crippen LogP contribution in [0.4, 0.5) is 26.3 Å². The van der Waals surface area contributed by atoms with Crippen LogP contribution in [0.1, 0.15) is 78.1 Å². The van der Waals surface area contributed by atoms with E-state index < -0.39 is 41.7 Å². The normalized spacial score (nSPS) is 21.4. The Morgan fingerprint density at radius 2 is 1.79 bits per heavy atom. The van der Waals surface area contributed by atoms with Gasteiger partial charge in [-0.25, -0.2) is 0 Å². The standard InChI is InChI=1S/C32H49Cl2F6N5O2/c1-3-5-6-13-43-25(4-2)11-14-42-15-12-26(22-8-9-27(33)28(34)18-22)29(45-47-20-30(41)44-46)10-7-21-16-23(31(35,36)37)19-24(17-21)32(38,39)40/h8-9,16-17,23,25-26,28-29,42-43,45-46H,3-7,10-15,18-20H2,1-2H3,(H2,41,44). The van der Waals surface area contributed by atoms with Crippen molar-refractivity contribution in [2.75, 3.05) is 26.2 Å². The van der Waals surface area contributed by atoms with Crippen molar-refractivity contribution in [1.82, 2.24) is 16.1 Å². The number of halogens is 8. The number of unbranched alkanes of at least 4 members (excludes halogenated alkanes) is 2. The van der Waals surface area contributed by atoms with Gasteiger partial charge in [0.05, 0.1) is 11.3 Å². The van der Waals surface area contributed by atoms with Crippen LogP contribution in [0.25, 0.3) is 0 Å². The van der Waals surface area contributed by atoms with Crippen molar-refractivity contribution in [2.45, 2.75) is 108 Å². The molecular formula is C32H49Cl2F6N5O2. The molecule has 0 saturated carbocycles. The van der Waals surface area contributed by atoms with Crippen LogP contribution in [-0.4, -0.2) is 67.1 Å². The van der Waals surface area contributed by atoms with Crippen LogP contribution in [0.5, 0.6) is 0 Å². The fourth-order valence-electron chi connectivity index (χ4n) is 5.74. The molecule has 15 heteroatoms. The number of hydrogen-bond donors (Lipinski definition) is 5. The van der Waals surface area contributed by atoms with Gasteiger partial charge < -0.3 is 21.6 Å². The first kappa shape index (κ1) is 41.4. The van der Waals surface area contributed by atoms with Crippen LogP contribution in [-0.2, 0) is 4.84 Å². The van der Waals surface area contributed by atoms with Crippen LogP contribution < -0.4 is 21.8 Å².